The molecule has 3 nitrogen and oxygen atoms in total. The summed E-state index contributed by atoms with van der Waals surface area (Å²) >= 11 is 0. The van der Waals surface area contributed by atoms with Crippen LogP contribution in [-0.4, -0.2) is 29.9 Å². The molecule has 1 aliphatic heterocycles. The summed E-state index contributed by atoms with van der Waals surface area (Å²) in [4.78, 5) is 14.9. The van der Waals surface area contributed by atoms with Gasteiger partial charge in [-0.3, -0.25) is 4.79 Å². The molecule has 0 bridgehead atoms. The molecule has 0 spiro atoms. The van der Waals surface area contributed by atoms with Crippen molar-refractivity contribution in [2.24, 2.45) is 17.6 Å². The minimum atomic E-state index is 0.0859. The monoisotopic (exact) mass is 284 g/mol. The van der Waals surface area contributed by atoms with Crippen LogP contribution in [0, 0.1) is 23.7 Å². The van der Waals surface area contributed by atoms with Crippen molar-refractivity contribution in [3.8, 4) is 11.8 Å². The predicted octanol–water partition coefficient (Wildman–Crippen LogP) is 2.50. The fraction of sp³-hybridized carbons (Fsp3) is 0.500. The van der Waals surface area contributed by atoms with Crippen LogP contribution >= 0.6 is 0 Å². The van der Waals surface area contributed by atoms with Crippen LogP contribution in [0.1, 0.15) is 43.1 Å². The van der Waals surface area contributed by atoms with Gasteiger partial charge < -0.3 is 10.6 Å². The first-order valence-electron chi connectivity index (χ1n) is 7.63. The van der Waals surface area contributed by atoms with Gasteiger partial charge in [0, 0.05) is 18.2 Å². The fourth-order valence-corrected chi connectivity index (χ4v) is 3.06. The zero-order chi connectivity index (χ0) is 15.4. The largest absolute Gasteiger partial charge is 0.335 e. The lowest BCUT2D eigenvalue weighted by Gasteiger charge is -2.41. The second kappa shape index (κ2) is 6.78. The summed E-state index contributed by atoms with van der Waals surface area (Å²) in [6.45, 7) is 7.70. The van der Waals surface area contributed by atoms with Crippen molar-refractivity contribution < 1.29 is 4.79 Å². The smallest absolute Gasteiger partial charge is 0.255 e. The summed E-state index contributed by atoms with van der Waals surface area (Å²) in [5.41, 5.74) is 6.89. The number of piperidine rings is 1. The van der Waals surface area contributed by atoms with Gasteiger partial charge in [-0.1, -0.05) is 37.8 Å². The molecule has 1 aromatic rings. The van der Waals surface area contributed by atoms with Crippen molar-refractivity contribution in [2.75, 3.05) is 13.1 Å². The van der Waals surface area contributed by atoms with Crippen molar-refractivity contribution in [1.82, 2.24) is 4.90 Å². The summed E-state index contributed by atoms with van der Waals surface area (Å²) in [6, 6.07) is 7.81. The Kier molecular flexibility index (Phi) is 5.03. The summed E-state index contributed by atoms with van der Waals surface area (Å²) in [5, 5.41) is 0. The van der Waals surface area contributed by atoms with Crippen LogP contribution in [0.4, 0.5) is 0 Å². The number of rotatable bonds is 1. The first kappa shape index (κ1) is 15.6. The van der Waals surface area contributed by atoms with E-state index < -0.39 is 0 Å². The van der Waals surface area contributed by atoms with Crippen LogP contribution in [0.5, 0.6) is 0 Å². The van der Waals surface area contributed by atoms with E-state index in [0.717, 1.165) is 12.1 Å². The third kappa shape index (κ3) is 3.46. The van der Waals surface area contributed by atoms with Crippen LogP contribution < -0.4 is 5.73 Å². The Labute approximate surface area is 127 Å². The van der Waals surface area contributed by atoms with E-state index in [1.165, 1.54) is 6.42 Å². The number of hydrogen-bond donors (Lipinski definition) is 1. The molecule has 0 radical (unpaired) electrons. The zero-order valence-electron chi connectivity index (χ0n) is 13.1. The van der Waals surface area contributed by atoms with E-state index in [4.69, 9.17) is 5.73 Å². The molecule has 2 N–H and O–H groups in total. The first-order chi connectivity index (χ1) is 10.0. The molecular weight excluding hydrogens is 260 g/mol. The molecule has 3 heteroatoms. The predicted molar refractivity (Wildman–Crippen MR) is 85.8 cm³/mol. The third-order valence-electron chi connectivity index (χ3n) is 4.34. The van der Waals surface area contributed by atoms with Crippen molar-refractivity contribution in [3.63, 3.8) is 0 Å². The molecule has 1 amide bonds. The SMILES string of the molecule is CC1CC(C)C(C)N(C(=O)c2ccccc2C#CCN)C1. The molecule has 3 unspecified atom stereocenters. The standard InChI is InChI=1S/C18H24N2O/c1-13-11-14(2)15(3)20(12-13)18(21)17-9-5-4-7-16(17)8-6-10-19/h4-5,7,9,13-15H,10-12,19H2,1-3H3. The Bertz CT molecular complexity index is 570. The van der Waals surface area contributed by atoms with Gasteiger partial charge in [-0.2, -0.15) is 0 Å². The van der Waals surface area contributed by atoms with Crippen LogP contribution in [0.15, 0.2) is 24.3 Å². The molecule has 1 heterocycles. The summed E-state index contributed by atoms with van der Waals surface area (Å²) in [5.74, 6) is 7.00. The highest BCUT2D eigenvalue weighted by Gasteiger charge is 2.32. The van der Waals surface area contributed by atoms with Gasteiger partial charge in [0.1, 0.15) is 0 Å². The average molecular weight is 284 g/mol. The second-order valence-corrected chi connectivity index (χ2v) is 6.07. The van der Waals surface area contributed by atoms with Crippen LogP contribution in [-0.2, 0) is 0 Å². The lowest BCUT2D eigenvalue weighted by molar-refractivity contribution is 0.0455. The number of hydrogen-bond acceptors (Lipinski definition) is 2. The highest BCUT2D eigenvalue weighted by atomic mass is 16.2. The Balaban J connectivity index is 2.31. The Morgan fingerprint density at radius 2 is 2.05 bits per heavy atom. The number of carbonyl (C=O) groups is 1. The number of nitrogens with zero attached hydrogens (tertiary/aromatic N) is 1. The molecule has 21 heavy (non-hydrogen) atoms. The van der Waals surface area contributed by atoms with E-state index >= 15 is 0 Å². The van der Waals surface area contributed by atoms with Crippen molar-refractivity contribution >= 4 is 5.91 Å². The number of likely N-dealkylation sites (tertiary alicyclic amines) is 1. The maximum absolute atomic E-state index is 12.9. The number of carbonyl (C=O) groups excluding carboxylic acids is 1. The van der Waals surface area contributed by atoms with Crippen LogP contribution in [0.3, 0.4) is 0 Å². The molecule has 1 fully saturated rings. The molecule has 1 aromatic carbocycles. The molecule has 1 aliphatic rings. The molecule has 3 atom stereocenters. The Morgan fingerprint density at radius 3 is 2.76 bits per heavy atom. The zero-order valence-corrected chi connectivity index (χ0v) is 13.1. The molecule has 1 saturated heterocycles. The van der Waals surface area contributed by atoms with E-state index in [0.29, 0.717) is 23.9 Å². The van der Waals surface area contributed by atoms with Gasteiger partial charge in [-0.25, -0.2) is 0 Å². The molecule has 0 aromatic heterocycles. The topological polar surface area (TPSA) is 46.3 Å². The normalized spacial score (nSPS) is 25.1. The quantitative estimate of drug-likeness (QED) is 0.805. The second-order valence-electron chi connectivity index (χ2n) is 6.07. The third-order valence-corrected chi connectivity index (χ3v) is 4.34. The van der Waals surface area contributed by atoms with E-state index in [-0.39, 0.29) is 11.9 Å². The summed E-state index contributed by atoms with van der Waals surface area (Å²) < 4.78 is 0. The number of nitrogens with two attached hydrogens (primary N) is 1. The van der Waals surface area contributed by atoms with Gasteiger partial charge in [-0.15, -0.1) is 0 Å². The lowest BCUT2D eigenvalue weighted by atomic mass is 9.85. The van der Waals surface area contributed by atoms with Gasteiger partial charge in [0.25, 0.3) is 5.91 Å². The van der Waals surface area contributed by atoms with Gasteiger partial charge >= 0.3 is 0 Å². The Morgan fingerprint density at radius 1 is 1.33 bits per heavy atom. The molecule has 112 valence electrons. The molecule has 0 saturated carbocycles. The maximum Gasteiger partial charge on any atom is 0.255 e. The van der Waals surface area contributed by atoms with Gasteiger partial charge in [-0.05, 0) is 37.3 Å². The summed E-state index contributed by atoms with van der Waals surface area (Å²) in [6.07, 6.45) is 1.18. The highest BCUT2D eigenvalue weighted by molar-refractivity contribution is 5.97. The van der Waals surface area contributed by atoms with Gasteiger partial charge in [0.05, 0.1) is 12.1 Å². The minimum Gasteiger partial charge on any atom is -0.335 e. The lowest BCUT2D eigenvalue weighted by Crippen LogP contribution is -2.49. The number of benzene rings is 1. The highest BCUT2D eigenvalue weighted by Crippen LogP contribution is 2.28. The average Bonchev–Trinajstić information content (AvgIpc) is 2.48. The van der Waals surface area contributed by atoms with Crippen LogP contribution in [0.2, 0.25) is 0 Å². The van der Waals surface area contributed by atoms with Crippen LogP contribution in [0.25, 0.3) is 0 Å². The number of amides is 1. The maximum atomic E-state index is 12.9. The molecule has 2 rings (SSSR count). The van der Waals surface area contributed by atoms with E-state index in [2.05, 4.69) is 32.6 Å². The van der Waals surface area contributed by atoms with Crippen molar-refractivity contribution in [1.29, 1.82) is 0 Å². The summed E-state index contributed by atoms with van der Waals surface area (Å²) in [7, 11) is 0. The minimum absolute atomic E-state index is 0.0859. The van der Waals surface area contributed by atoms with Gasteiger partial charge in [0.2, 0.25) is 0 Å². The molecule has 0 aliphatic carbocycles. The fourth-order valence-electron chi connectivity index (χ4n) is 3.06. The first-order valence-corrected chi connectivity index (χ1v) is 7.63. The van der Waals surface area contributed by atoms with E-state index in [1.54, 1.807) is 0 Å². The van der Waals surface area contributed by atoms with E-state index in [1.807, 2.05) is 29.2 Å². The van der Waals surface area contributed by atoms with Gasteiger partial charge in [0.15, 0.2) is 0 Å². The van der Waals surface area contributed by atoms with Crippen molar-refractivity contribution in [2.45, 2.75) is 33.2 Å². The van der Waals surface area contributed by atoms with Crippen molar-refractivity contribution in [3.05, 3.63) is 35.4 Å². The Hall–Kier alpha value is -1.79. The van der Waals surface area contributed by atoms with E-state index in [9.17, 15) is 4.79 Å². The molecular formula is C18H24N2O.